The van der Waals surface area contributed by atoms with E-state index in [1.807, 2.05) is 18.2 Å². The van der Waals surface area contributed by atoms with Gasteiger partial charge in [0.15, 0.2) is 17.1 Å². The largest absolute Gasteiger partial charge is 0.493 e. The van der Waals surface area contributed by atoms with Gasteiger partial charge in [-0.2, -0.15) is 9.61 Å². The summed E-state index contributed by atoms with van der Waals surface area (Å²) in [5.74, 6) is 2.14. The maximum absolute atomic E-state index is 13.1. The molecule has 0 aliphatic carbocycles. The molecule has 1 N–H and O–H groups in total. The molecule has 30 heavy (non-hydrogen) atoms. The zero-order valence-electron chi connectivity index (χ0n) is 16.8. The number of aromatic nitrogens is 3. The van der Waals surface area contributed by atoms with E-state index in [-0.39, 0.29) is 5.82 Å². The summed E-state index contributed by atoms with van der Waals surface area (Å²) in [5, 5.41) is 7.81. The zero-order chi connectivity index (χ0) is 21.1. The number of methoxy groups -OCH3 is 3. The maximum Gasteiger partial charge on any atom is 0.203 e. The van der Waals surface area contributed by atoms with Crippen LogP contribution in [0.5, 0.6) is 17.2 Å². The van der Waals surface area contributed by atoms with Crippen molar-refractivity contribution in [2.75, 3.05) is 26.6 Å². The van der Waals surface area contributed by atoms with E-state index in [9.17, 15) is 4.39 Å². The van der Waals surface area contributed by atoms with Crippen LogP contribution in [0.2, 0.25) is 0 Å². The fraction of sp³-hybridized carbons (Fsp3) is 0.182. The van der Waals surface area contributed by atoms with Gasteiger partial charge in [0.05, 0.1) is 27.5 Å². The fourth-order valence-corrected chi connectivity index (χ4v) is 3.26. The predicted molar refractivity (Wildman–Crippen MR) is 112 cm³/mol. The van der Waals surface area contributed by atoms with Crippen LogP contribution in [0, 0.1) is 5.82 Å². The molecule has 0 bridgehead atoms. The normalized spacial score (nSPS) is 10.8. The molecule has 154 valence electrons. The zero-order valence-corrected chi connectivity index (χ0v) is 16.8. The SMILES string of the molecule is COc1cc(-c2cnn3c(NCc4ccc(F)cc4)ccnc23)cc(OC)c1OC. The molecule has 0 aliphatic rings. The predicted octanol–water partition coefficient (Wildman–Crippen LogP) is 4.17. The van der Waals surface area contributed by atoms with Crippen LogP contribution in [0.3, 0.4) is 0 Å². The van der Waals surface area contributed by atoms with Gasteiger partial charge in [-0.1, -0.05) is 12.1 Å². The lowest BCUT2D eigenvalue weighted by atomic mass is 10.1. The van der Waals surface area contributed by atoms with Crippen molar-refractivity contribution in [3.05, 3.63) is 66.2 Å². The molecule has 0 fully saturated rings. The molecule has 0 atom stereocenters. The Morgan fingerprint density at radius 2 is 1.67 bits per heavy atom. The Kier molecular flexibility index (Phi) is 5.38. The van der Waals surface area contributed by atoms with E-state index in [0.29, 0.717) is 29.4 Å². The second-order valence-corrected chi connectivity index (χ2v) is 6.52. The number of benzene rings is 2. The number of anilines is 1. The van der Waals surface area contributed by atoms with E-state index >= 15 is 0 Å². The Hall–Kier alpha value is -3.81. The maximum atomic E-state index is 13.1. The molecule has 2 aromatic heterocycles. The lowest BCUT2D eigenvalue weighted by Gasteiger charge is -2.13. The van der Waals surface area contributed by atoms with E-state index < -0.39 is 0 Å². The van der Waals surface area contributed by atoms with Crippen molar-refractivity contribution < 1.29 is 18.6 Å². The Balaban J connectivity index is 1.70. The standard InChI is InChI=1S/C22H21FN4O3/c1-28-18-10-15(11-19(29-2)21(18)30-3)17-13-26-27-20(8-9-24-22(17)27)25-12-14-4-6-16(23)7-5-14/h4-11,13,25H,12H2,1-3H3. The van der Waals surface area contributed by atoms with Gasteiger partial charge in [0.25, 0.3) is 0 Å². The minimum Gasteiger partial charge on any atom is -0.493 e. The van der Waals surface area contributed by atoms with E-state index in [1.165, 1.54) is 12.1 Å². The lowest BCUT2D eigenvalue weighted by molar-refractivity contribution is 0.324. The van der Waals surface area contributed by atoms with Crippen molar-refractivity contribution >= 4 is 11.5 Å². The van der Waals surface area contributed by atoms with Crippen LogP contribution in [0.25, 0.3) is 16.8 Å². The van der Waals surface area contributed by atoms with Crippen LogP contribution in [0.4, 0.5) is 10.2 Å². The minimum atomic E-state index is -0.257. The van der Waals surface area contributed by atoms with Crippen LogP contribution >= 0.6 is 0 Å². The first-order valence-corrected chi connectivity index (χ1v) is 9.26. The van der Waals surface area contributed by atoms with Crippen LogP contribution in [-0.4, -0.2) is 35.9 Å². The topological polar surface area (TPSA) is 69.9 Å². The fourth-order valence-electron chi connectivity index (χ4n) is 3.26. The number of hydrogen-bond acceptors (Lipinski definition) is 6. The molecule has 0 spiro atoms. The molecule has 0 aliphatic heterocycles. The highest BCUT2D eigenvalue weighted by molar-refractivity contribution is 5.81. The summed E-state index contributed by atoms with van der Waals surface area (Å²) in [6.07, 6.45) is 3.46. The van der Waals surface area contributed by atoms with Crippen molar-refractivity contribution in [3.63, 3.8) is 0 Å². The first-order valence-electron chi connectivity index (χ1n) is 9.26. The lowest BCUT2D eigenvalue weighted by Crippen LogP contribution is -2.05. The Morgan fingerprint density at radius 3 is 2.30 bits per heavy atom. The Bertz CT molecular complexity index is 1150. The van der Waals surface area contributed by atoms with Gasteiger partial charge in [0.1, 0.15) is 11.6 Å². The summed E-state index contributed by atoms with van der Waals surface area (Å²) in [7, 11) is 4.72. The van der Waals surface area contributed by atoms with Crippen molar-refractivity contribution in [1.29, 1.82) is 0 Å². The first kappa shape index (κ1) is 19.5. The highest BCUT2D eigenvalue weighted by Crippen LogP contribution is 2.41. The van der Waals surface area contributed by atoms with Crippen molar-refractivity contribution in [2.45, 2.75) is 6.54 Å². The highest BCUT2D eigenvalue weighted by Gasteiger charge is 2.17. The number of nitrogens with one attached hydrogen (secondary N) is 1. The smallest absolute Gasteiger partial charge is 0.203 e. The average molecular weight is 408 g/mol. The van der Waals surface area contributed by atoms with E-state index in [4.69, 9.17) is 14.2 Å². The molecule has 7 nitrogen and oxygen atoms in total. The molecule has 0 saturated carbocycles. The molecular weight excluding hydrogens is 387 g/mol. The average Bonchev–Trinajstić information content (AvgIpc) is 3.22. The van der Waals surface area contributed by atoms with Gasteiger partial charge in [-0.05, 0) is 41.5 Å². The van der Waals surface area contributed by atoms with Gasteiger partial charge in [0, 0.05) is 18.3 Å². The molecule has 4 aromatic rings. The van der Waals surface area contributed by atoms with Gasteiger partial charge in [-0.25, -0.2) is 9.37 Å². The second kappa shape index (κ2) is 8.28. The number of fused-ring (bicyclic) bond motifs is 1. The van der Waals surface area contributed by atoms with Crippen LogP contribution in [-0.2, 0) is 6.54 Å². The molecule has 2 heterocycles. The molecule has 0 amide bonds. The number of hydrogen-bond donors (Lipinski definition) is 1. The molecule has 0 saturated heterocycles. The minimum absolute atomic E-state index is 0.257. The van der Waals surface area contributed by atoms with Crippen molar-refractivity contribution in [3.8, 4) is 28.4 Å². The monoisotopic (exact) mass is 408 g/mol. The van der Waals surface area contributed by atoms with Crippen LogP contribution in [0.15, 0.2) is 54.9 Å². The number of halogens is 1. The van der Waals surface area contributed by atoms with Crippen LogP contribution in [0.1, 0.15) is 5.56 Å². The summed E-state index contributed by atoms with van der Waals surface area (Å²) in [6, 6.07) is 11.9. The van der Waals surface area contributed by atoms with Gasteiger partial charge in [-0.15, -0.1) is 0 Å². The van der Waals surface area contributed by atoms with Crippen molar-refractivity contribution in [2.24, 2.45) is 0 Å². The second-order valence-electron chi connectivity index (χ2n) is 6.52. The van der Waals surface area contributed by atoms with E-state index in [0.717, 1.165) is 22.5 Å². The summed E-state index contributed by atoms with van der Waals surface area (Å²) in [6.45, 7) is 0.527. The summed E-state index contributed by atoms with van der Waals surface area (Å²) >= 11 is 0. The van der Waals surface area contributed by atoms with Gasteiger partial charge < -0.3 is 19.5 Å². The molecule has 0 radical (unpaired) electrons. The first-order chi connectivity index (χ1) is 14.6. The molecule has 0 unspecified atom stereocenters. The Labute approximate surface area is 173 Å². The number of nitrogens with zero attached hydrogens (tertiary/aromatic N) is 3. The highest BCUT2D eigenvalue weighted by atomic mass is 19.1. The molecule has 2 aromatic carbocycles. The van der Waals surface area contributed by atoms with E-state index in [1.54, 1.807) is 50.4 Å². The molecule has 8 heteroatoms. The van der Waals surface area contributed by atoms with Gasteiger partial charge >= 0.3 is 0 Å². The molecule has 4 rings (SSSR count). The van der Waals surface area contributed by atoms with Crippen LogP contribution < -0.4 is 19.5 Å². The third-order valence-electron chi connectivity index (χ3n) is 4.76. The molecular formula is C22H21FN4O3. The van der Waals surface area contributed by atoms with Crippen molar-refractivity contribution in [1.82, 2.24) is 14.6 Å². The third kappa shape index (κ3) is 3.59. The summed E-state index contributed by atoms with van der Waals surface area (Å²) in [5.41, 5.74) is 3.29. The van der Waals surface area contributed by atoms with E-state index in [2.05, 4.69) is 15.4 Å². The van der Waals surface area contributed by atoms with Gasteiger partial charge in [0.2, 0.25) is 5.75 Å². The van der Waals surface area contributed by atoms with Gasteiger partial charge in [-0.3, -0.25) is 0 Å². The Morgan fingerprint density at radius 1 is 0.967 bits per heavy atom. The summed E-state index contributed by atoms with van der Waals surface area (Å²) < 4.78 is 31.1. The number of rotatable bonds is 7. The summed E-state index contributed by atoms with van der Waals surface area (Å²) in [4.78, 5) is 4.50. The third-order valence-corrected chi connectivity index (χ3v) is 4.76. The quantitative estimate of drug-likeness (QED) is 0.495. The number of ether oxygens (including phenoxy) is 3.